The van der Waals surface area contributed by atoms with Gasteiger partial charge in [0, 0.05) is 43.9 Å². The van der Waals surface area contributed by atoms with E-state index in [0.717, 1.165) is 45.0 Å². The van der Waals surface area contributed by atoms with Crippen molar-refractivity contribution < 1.29 is 0 Å². The fourth-order valence-corrected chi connectivity index (χ4v) is 15.1. The first-order valence-corrected chi connectivity index (χ1v) is 29.8. The monoisotopic (exact) mass is 1090 g/mol. The normalized spacial score (nSPS) is 13.9. The summed E-state index contributed by atoms with van der Waals surface area (Å²) in [6, 6.07) is 120. The predicted octanol–water partition coefficient (Wildman–Crippen LogP) is 21.8. The third kappa shape index (κ3) is 6.97. The van der Waals surface area contributed by atoms with Crippen LogP contribution in [0, 0.1) is 0 Å². The number of para-hydroxylation sites is 6. The van der Waals surface area contributed by atoms with Gasteiger partial charge in [0.05, 0.1) is 44.5 Å². The average molecular weight is 1090 g/mol. The molecule has 14 aromatic carbocycles. The molecular formula is C83H53N3. The molecule has 86 heavy (non-hydrogen) atoms. The van der Waals surface area contributed by atoms with Gasteiger partial charge in [-0.25, -0.2) is 0 Å². The Kier molecular flexibility index (Phi) is 10.6. The molecule has 0 amide bonds. The lowest BCUT2D eigenvalue weighted by Crippen LogP contribution is -2.33. The topological polar surface area (TPSA) is 13.1 Å². The molecule has 1 aliphatic heterocycles. The summed E-state index contributed by atoms with van der Waals surface area (Å²) in [5.74, 6) is 0. The minimum Gasteiger partial charge on any atom is -0.309 e. The Morgan fingerprint density at radius 2 is 0.733 bits per heavy atom. The van der Waals surface area contributed by atoms with E-state index in [0.29, 0.717) is 0 Å². The first-order chi connectivity index (χ1) is 42.7. The molecule has 1 aliphatic carbocycles. The SMILES string of the molecule is c1ccc(-c2cccc(-c3ccccc3N(c3ccc(-c4ccc(-n5c6ccccc6c6ccccc65)cc4)cc3)c3ccc(-c4ccc5c(c4)C4(c6ccccc6-5)c5ccccc5-n5c6ccccc6c6cccc4c65)c4ccccc34)c2)cc1. The van der Waals surface area contributed by atoms with Crippen LogP contribution in [0.2, 0.25) is 0 Å². The van der Waals surface area contributed by atoms with Crippen LogP contribution in [0.1, 0.15) is 22.3 Å². The molecule has 0 bridgehead atoms. The molecule has 400 valence electrons. The molecule has 0 fully saturated rings. The van der Waals surface area contributed by atoms with Gasteiger partial charge in [0.2, 0.25) is 0 Å². The molecular weight excluding hydrogens is 1040 g/mol. The van der Waals surface area contributed by atoms with Crippen molar-refractivity contribution >= 4 is 71.4 Å². The number of hydrogen-bond acceptors (Lipinski definition) is 1. The second kappa shape index (κ2) is 18.9. The smallest absolute Gasteiger partial charge is 0.0754 e. The summed E-state index contributed by atoms with van der Waals surface area (Å²) in [6.07, 6.45) is 0. The van der Waals surface area contributed by atoms with Crippen LogP contribution in [0.4, 0.5) is 17.1 Å². The van der Waals surface area contributed by atoms with Crippen molar-refractivity contribution in [2.75, 3.05) is 4.90 Å². The molecule has 0 saturated carbocycles. The van der Waals surface area contributed by atoms with Gasteiger partial charge in [0.25, 0.3) is 0 Å². The van der Waals surface area contributed by atoms with E-state index < -0.39 is 5.41 Å². The van der Waals surface area contributed by atoms with Gasteiger partial charge in [-0.2, -0.15) is 0 Å². The van der Waals surface area contributed by atoms with Crippen LogP contribution in [0.3, 0.4) is 0 Å². The van der Waals surface area contributed by atoms with Gasteiger partial charge in [-0.05, 0) is 151 Å². The Hall–Kier alpha value is -11.3. The lowest BCUT2D eigenvalue weighted by Gasteiger charge is -2.39. The van der Waals surface area contributed by atoms with E-state index in [4.69, 9.17) is 0 Å². The highest BCUT2D eigenvalue weighted by atomic mass is 15.1. The Balaban J connectivity index is 0.800. The van der Waals surface area contributed by atoms with Gasteiger partial charge in [-0.15, -0.1) is 0 Å². The highest BCUT2D eigenvalue weighted by molar-refractivity contribution is 6.14. The number of nitrogens with zero attached hydrogens (tertiary/aromatic N) is 3. The van der Waals surface area contributed by atoms with Crippen molar-refractivity contribution in [3.63, 3.8) is 0 Å². The molecule has 0 radical (unpaired) electrons. The first kappa shape index (κ1) is 48.3. The van der Waals surface area contributed by atoms with Crippen LogP contribution in [0.15, 0.2) is 322 Å². The second-order valence-electron chi connectivity index (χ2n) is 23.1. The molecule has 18 rings (SSSR count). The highest BCUT2D eigenvalue weighted by Gasteiger charge is 2.51. The van der Waals surface area contributed by atoms with Crippen LogP contribution in [0.25, 0.3) is 121 Å². The van der Waals surface area contributed by atoms with Crippen molar-refractivity contribution in [2.45, 2.75) is 5.41 Å². The maximum Gasteiger partial charge on any atom is 0.0754 e. The van der Waals surface area contributed by atoms with Gasteiger partial charge in [0.15, 0.2) is 0 Å². The largest absolute Gasteiger partial charge is 0.309 e. The van der Waals surface area contributed by atoms with E-state index in [2.05, 4.69) is 336 Å². The fourth-order valence-electron chi connectivity index (χ4n) is 15.1. The summed E-state index contributed by atoms with van der Waals surface area (Å²) in [7, 11) is 0. The summed E-state index contributed by atoms with van der Waals surface area (Å²) in [5, 5.41) is 7.44. The van der Waals surface area contributed by atoms with E-state index in [1.165, 1.54) is 116 Å². The van der Waals surface area contributed by atoms with Gasteiger partial charge in [-0.1, -0.05) is 249 Å². The lowest BCUT2D eigenvalue weighted by molar-refractivity contribution is 0.749. The Bertz CT molecular complexity index is 5360. The van der Waals surface area contributed by atoms with Crippen molar-refractivity contribution in [1.29, 1.82) is 0 Å². The van der Waals surface area contributed by atoms with Crippen LogP contribution >= 0.6 is 0 Å². The number of benzene rings is 14. The molecule has 3 heteroatoms. The summed E-state index contributed by atoms with van der Waals surface area (Å²) < 4.78 is 4.91. The lowest BCUT2D eigenvalue weighted by atomic mass is 9.65. The zero-order valence-corrected chi connectivity index (χ0v) is 46.9. The molecule has 0 saturated heterocycles. The van der Waals surface area contributed by atoms with E-state index in [1.807, 2.05) is 0 Å². The number of hydrogen-bond donors (Lipinski definition) is 0. The Labute approximate surface area is 498 Å². The number of fused-ring (bicyclic) bond motifs is 16. The number of rotatable bonds is 8. The predicted molar refractivity (Wildman–Crippen MR) is 360 cm³/mol. The molecule has 2 aliphatic rings. The molecule has 3 heterocycles. The molecule has 1 unspecified atom stereocenters. The Morgan fingerprint density at radius 1 is 0.244 bits per heavy atom. The Morgan fingerprint density at radius 3 is 1.49 bits per heavy atom. The maximum atomic E-state index is 2.53. The third-order valence-corrected chi connectivity index (χ3v) is 18.7. The minimum absolute atomic E-state index is 0.558. The second-order valence-corrected chi connectivity index (χ2v) is 23.1. The van der Waals surface area contributed by atoms with Gasteiger partial charge in [-0.3, -0.25) is 0 Å². The quantitative estimate of drug-likeness (QED) is 0.148. The summed E-state index contributed by atoms with van der Waals surface area (Å²) in [5.41, 5.74) is 27.2. The van der Waals surface area contributed by atoms with Gasteiger partial charge in [0.1, 0.15) is 0 Å². The average Bonchev–Trinajstić information content (AvgIpc) is 1.60. The zero-order chi connectivity index (χ0) is 56.5. The van der Waals surface area contributed by atoms with Crippen LogP contribution in [0.5, 0.6) is 0 Å². The van der Waals surface area contributed by atoms with Gasteiger partial charge >= 0.3 is 0 Å². The van der Waals surface area contributed by atoms with Crippen molar-refractivity contribution in [2.24, 2.45) is 0 Å². The fraction of sp³-hybridized carbons (Fsp3) is 0.0120. The summed E-state index contributed by atoms with van der Waals surface area (Å²) in [4.78, 5) is 2.48. The van der Waals surface area contributed by atoms with Crippen molar-refractivity contribution in [3.05, 3.63) is 344 Å². The molecule has 0 N–H and O–H groups in total. The van der Waals surface area contributed by atoms with Crippen molar-refractivity contribution in [3.8, 4) is 67.0 Å². The van der Waals surface area contributed by atoms with Crippen LogP contribution < -0.4 is 4.90 Å². The molecule has 3 nitrogen and oxygen atoms in total. The summed E-state index contributed by atoms with van der Waals surface area (Å²) >= 11 is 0. The molecule has 1 atom stereocenters. The number of anilines is 3. The third-order valence-electron chi connectivity index (χ3n) is 18.7. The molecule has 1 spiro atoms. The number of aromatic nitrogens is 2. The van der Waals surface area contributed by atoms with Crippen LogP contribution in [-0.2, 0) is 5.41 Å². The standard InChI is InChI=1S/C83H53N3/c1-2-20-54(21-3-1)57-22-18-23-58(52-57)63-24-7-13-35-76(63)84(60-45-40-55(41-46-60)56-42-47-61(48-43-56)85-77-36-14-8-28-68(77)69-29-9-15-37-78(69)85)80-51-50-62(64-25-4-5-27-67(64)80)59-44-49-66-65-26-6-11-32-72(65)83(75(66)53-59)73-33-12-17-39-81(73)86-79-38-16-10-30-70(79)71-31-19-34-74(83)82(71)86/h1-53H. The van der Waals surface area contributed by atoms with Gasteiger partial charge < -0.3 is 14.0 Å². The van der Waals surface area contributed by atoms with E-state index in [1.54, 1.807) is 0 Å². The molecule has 2 aromatic heterocycles. The van der Waals surface area contributed by atoms with E-state index in [9.17, 15) is 0 Å². The summed E-state index contributed by atoms with van der Waals surface area (Å²) in [6.45, 7) is 0. The van der Waals surface area contributed by atoms with Crippen molar-refractivity contribution in [1.82, 2.24) is 9.13 Å². The zero-order valence-electron chi connectivity index (χ0n) is 46.9. The van der Waals surface area contributed by atoms with Crippen LogP contribution in [-0.4, -0.2) is 9.13 Å². The van der Waals surface area contributed by atoms with E-state index >= 15 is 0 Å². The maximum absolute atomic E-state index is 2.53. The molecule has 16 aromatic rings. The minimum atomic E-state index is -0.558. The highest BCUT2D eigenvalue weighted by Crippen LogP contribution is 2.62. The first-order valence-electron chi connectivity index (χ1n) is 29.8. The van der Waals surface area contributed by atoms with E-state index in [-0.39, 0.29) is 0 Å².